The van der Waals surface area contributed by atoms with Gasteiger partial charge in [-0.3, -0.25) is 9.69 Å². The maximum atomic E-state index is 11.1. The number of aliphatic hydroxyl groups is 1. The Labute approximate surface area is 83.6 Å². The zero-order valence-electron chi connectivity index (χ0n) is 8.60. The molecule has 5 nitrogen and oxygen atoms in total. The van der Waals surface area contributed by atoms with Gasteiger partial charge in [-0.1, -0.05) is 0 Å². The lowest BCUT2D eigenvalue weighted by molar-refractivity contribution is -0.153. The lowest BCUT2D eigenvalue weighted by Gasteiger charge is -2.13. The van der Waals surface area contributed by atoms with E-state index in [0.717, 1.165) is 6.42 Å². The van der Waals surface area contributed by atoms with Crippen molar-refractivity contribution in [2.24, 2.45) is 0 Å². The first-order chi connectivity index (χ1) is 6.58. The first-order valence-corrected chi connectivity index (χ1v) is 4.72. The van der Waals surface area contributed by atoms with Crippen molar-refractivity contribution >= 4 is 5.97 Å². The number of carbonyl (C=O) groups is 1. The number of hydrogen-bond donors (Lipinski definition) is 1. The molecule has 1 rings (SSSR count). The molecule has 0 spiro atoms. The molecule has 0 aromatic carbocycles. The number of rotatable bonds is 4. The molecule has 1 aliphatic rings. The van der Waals surface area contributed by atoms with Gasteiger partial charge in [0.2, 0.25) is 0 Å². The number of carbonyl (C=O) groups excluding carboxylic acids is 1. The predicted octanol–water partition coefficient (Wildman–Crippen LogP) is -0.411. The largest absolute Gasteiger partial charge is 0.462 e. The Morgan fingerprint density at radius 2 is 2.29 bits per heavy atom. The maximum Gasteiger partial charge on any atom is 0.320 e. The Morgan fingerprint density at radius 3 is 2.79 bits per heavy atom. The summed E-state index contributed by atoms with van der Waals surface area (Å²) in [5, 5.41) is 9.04. The van der Waals surface area contributed by atoms with Gasteiger partial charge in [-0.2, -0.15) is 0 Å². The number of aliphatic hydroxyl groups excluding tert-OH is 1. The van der Waals surface area contributed by atoms with Crippen molar-refractivity contribution in [2.75, 3.05) is 27.2 Å². The highest BCUT2D eigenvalue weighted by Crippen LogP contribution is 2.17. The summed E-state index contributed by atoms with van der Waals surface area (Å²) in [7, 11) is 3.61. The van der Waals surface area contributed by atoms with Gasteiger partial charge in [-0.05, 0) is 20.5 Å². The zero-order valence-corrected chi connectivity index (χ0v) is 8.60. The van der Waals surface area contributed by atoms with Crippen LogP contribution in [0.2, 0.25) is 0 Å². The van der Waals surface area contributed by atoms with Crippen molar-refractivity contribution in [3.8, 4) is 0 Å². The molecule has 0 radical (unpaired) electrons. The van der Waals surface area contributed by atoms with Gasteiger partial charge in [0.1, 0.15) is 6.61 Å². The number of nitrogens with zero attached hydrogens (tertiary/aromatic N) is 1. The lowest BCUT2D eigenvalue weighted by Crippen LogP contribution is -2.27. The summed E-state index contributed by atoms with van der Waals surface area (Å²) in [4.78, 5) is 12.9. The van der Waals surface area contributed by atoms with Crippen molar-refractivity contribution in [3.05, 3.63) is 0 Å². The molecule has 1 aliphatic heterocycles. The standard InChI is InChI=1S/C9H17NO4/c1-10(2)5-9(12)13-6-7-3-4-8(11)14-7/h7-8,11H,3-6H2,1-2H3. The molecule has 82 valence electrons. The van der Waals surface area contributed by atoms with Crippen molar-refractivity contribution < 1.29 is 19.4 Å². The molecule has 2 atom stereocenters. The molecule has 5 heteroatoms. The Kier molecular flexibility index (Phi) is 4.31. The molecular formula is C9H17NO4. The van der Waals surface area contributed by atoms with Crippen LogP contribution in [0.25, 0.3) is 0 Å². The second-order valence-electron chi connectivity index (χ2n) is 3.71. The summed E-state index contributed by atoms with van der Waals surface area (Å²) in [6, 6.07) is 0. The van der Waals surface area contributed by atoms with Crippen molar-refractivity contribution in [3.63, 3.8) is 0 Å². The predicted molar refractivity (Wildman–Crippen MR) is 49.6 cm³/mol. The highest BCUT2D eigenvalue weighted by Gasteiger charge is 2.24. The van der Waals surface area contributed by atoms with Gasteiger partial charge in [0.25, 0.3) is 0 Å². The Balaban J connectivity index is 2.11. The van der Waals surface area contributed by atoms with Crippen LogP contribution < -0.4 is 0 Å². The zero-order chi connectivity index (χ0) is 10.6. The van der Waals surface area contributed by atoms with Crippen molar-refractivity contribution in [2.45, 2.75) is 25.2 Å². The molecule has 1 fully saturated rings. The molecule has 14 heavy (non-hydrogen) atoms. The first kappa shape index (κ1) is 11.4. The Hall–Kier alpha value is -0.650. The summed E-state index contributed by atoms with van der Waals surface area (Å²) in [6.45, 7) is 0.513. The van der Waals surface area contributed by atoms with E-state index in [1.165, 1.54) is 0 Å². The molecular weight excluding hydrogens is 186 g/mol. The number of likely N-dealkylation sites (N-methyl/N-ethyl adjacent to an activating group) is 1. The molecule has 1 saturated heterocycles. The van der Waals surface area contributed by atoms with E-state index in [-0.39, 0.29) is 25.2 Å². The van der Waals surface area contributed by atoms with Crippen molar-refractivity contribution in [1.29, 1.82) is 0 Å². The summed E-state index contributed by atoms with van der Waals surface area (Å²) >= 11 is 0. The van der Waals surface area contributed by atoms with Gasteiger partial charge in [0.05, 0.1) is 12.6 Å². The third-order valence-electron chi connectivity index (χ3n) is 1.96. The molecule has 1 N–H and O–H groups in total. The van der Waals surface area contributed by atoms with E-state index in [2.05, 4.69) is 0 Å². The number of esters is 1. The van der Waals surface area contributed by atoms with Crippen molar-refractivity contribution in [1.82, 2.24) is 4.90 Å². The van der Waals surface area contributed by atoms with Gasteiger partial charge in [0, 0.05) is 6.42 Å². The van der Waals surface area contributed by atoms with Gasteiger partial charge < -0.3 is 14.6 Å². The summed E-state index contributed by atoms with van der Waals surface area (Å²) in [6.07, 6.45) is 0.537. The summed E-state index contributed by atoms with van der Waals surface area (Å²) < 4.78 is 10.0. The van der Waals surface area contributed by atoms with E-state index in [1.54, 1.807) is 19.0 Å². The van der Waals surface area contributed by atoms with Crippen LogP contribution >= 0.6 is 0 Å². The Bertz CT molecular complexity index is 195. The van der Waals surface area contributed by atoms with E-state index >= 15 is 0 Å². The minimum absolute atomic E-state index is 0.142. The van der Waals surface area contributed by atoms with Gasteiger partial charge >= 0.3 is 5.97 Å². The number of ether oxygens (including phenoxy) is 2. The fraction of sp³-hybridized carbons (Fsp3) is 0.889. The van der Waals surface area contributed by atoms with Crippen LogP contribution in [0.4, 0.5) is 0 Å². The average Bonchev–Trinajstić information content (AvgIpc) is 2.47. The highest BCUT2D eigenvalue weighted by molar-refractivity contribution is 5.71. The van der Waals surface area contributed by atoms with Crippen LogP contribution in [0.1, 0.15) is 12.8 Å². The van der Waals surface area contributed by atoms with Gasteiger partial charge in [-0.25, -0.2) is 0 Å². The number of hydrogen-bond acceptors (Lipinski definition) is 5. The van der Waals surface area contributed by atoms with Crippen LogP contribution in [0.5, 0.6) is 0 Å². The van der Waals surface area contributed by atoms with E-state index in [4.69, 9.17) is 14.6 Å². The first-order valence-electron chi connectivity index (χ1n) is 4.72. The Morgan fingerprint density at radius 1 is 1.57 bits per heavy atom. The van der Waals surface area contributed by atoms with Crippen LogP contribution in [-0.2, 0) is 14.3 Å². The summed E-state index contributed by atoms with van der Waals surface area (Å²) in [5.41, 5.74) is 0. The minimum Gasteiger partial charge on any atom is -0.462 e. The topological polar surface area (TPSA) is 59.0 Å². The second-order valence-corrected chi connectivity index (χ2v) is 3.71. The monoisotopic (exact) mass is 203 g/mol. The quantitative estimate of drug-likeness (QED) is 0.629. The van der Waals surface area contributed by atoms with E-state index in [1.807, 2.05) is 0 Å². The van der Waals surface area contributed by atoms with Crippen LogP contribution in [-0.4, -0.2) is 55.6 Å². The third kappa shape index (κ3) is 4.04. The van der Waals surface area contributed by atoms with Crippen LogP contribution in [0.15, 0.2) is 0 Å². The molecule has 0 aliphatic carbocycles. The molecule has 0 aromatic rings. The van der Waals surface area contributed by atoms with E-state index in [0.29, 0.717) is 6.42 Å². The third-order valence-corrected chi connectivity index (χ3v) is 1.96. The SMILES string of the molecule is CN(C)CC(=O)OCC1CCC(O)O1. The fourth-order valence-corrected chi connectivity index (χ4v) is 1.30. The van der Waals surface area contributed by atoms with Crippen LogP contribution in [0, 0.1) is 0 Å². The highest BCUT2D eigenvalue weighted by atomic mass is 16.6. The van der Waals surface area contributed by atoms with E-state index < -0.39 is 6.29 Å². The van der Waals surface area contributed by atoms with Gasteiger partial charge in [-0.15, -0.1) is 0 Å². The van der Waals surface area contributed by atoms with Gasteiger partial charge in [0.15, 0.2) is 6.29 Å². The average molecular weight is 203 g/mol. The molecule has 0 aromatic heterocycles. The van der Waals surface area contributed by atoms with Crippen LogP contribution in [0.3, 0.4) is 0 Å². The molecule has 2 unspecified atom stereocenters. The maximum absolute atomic E-state index is 11.1. The minimum atomic E-state index is -0.687. The molecule has 0 saturated carbocycles. The molecule has 1 heterocycles. The van der Waals surface area contributed by atoms with E-state index in [9.17, 15) is 4.79 Å². The second kappa shape index (κ2) is 5.29. The fourth-order valence-electron chi connectivity index (χ4n) is 1.30. The normalized spacial score (nSPS) is 26.9. The molecule has 0 amide bonds. The molecule has 0 bridgehead atoms. The summed E-state index contributed by atoms with van der Waals surface area (Å²) in [5.74, 6) is -0.264. The lowest BCUT2D eigenvalue weighted by atomic mass is 10.2. The smallest absolute Gasteiger partial charge is 0.320 e.